The average Bonchev–Trinajstić information content (AvgIpc) is 3.25. The molecule has 0 unspecified atom stereocenters. The third-order valence-electron chi connectivity index (χ3n) is 5.55. The number of rotatable bonds is 7. The summed E-state index contributed by atoms with van der Waals surface area (Å²) in [5, 5.41) is 11.0. The number of aryl methyl sites for hydroxylation is 1. The molecule has 0 saturated heterocycles. The summed E-state index contributed by atoms with van der Waals surface area (Å²) in [5.74, 6) is 0.151. The van der Waals surface area contributed by atoms with Crippen LogP contribution in [0.5, 0.6) is 0 Å². The number of aromatic nitrogens is 3. The number of thioether (sulfide) groups is 1. The zero-order chi connectivity index (χ0) is 27.5. The van der Waals surface area contributed by atoms with E-state index < -0.39 is 29.4 Å². The molecule has 4 aromatic rings. The Hall–Kier alpha value is -3.80. The second-order valence-electron chi connectivity index (χ2n) is 8.24. The molecule has 4 rings (SSSR count). The fourth-order valence-electron chi connectivity index (χ4n) is 3.70. The van der Waals surface area contributed by atoms with E-state index in [4.69, 9.17) is 0 Å². The normalized spacial score (nSPS) is 12.0. The molecule has 0 aliphatic carbocycles. The Labute approximate surface area is 217 Å². The molecule has 0 saturated carbocycles. The van der Waals surface area contributed by atoms with Gasteiger partial charge in [0.05, 0.1) is 11.1 Å². The van der Waals surface area contributed by atoms with Gasteiger partial charge in [-0.25, -0.2) is 0 Å². The quantitative estimate of drug-likeness (QED) is 0.202. The minimum Gasteiger partial charge on any atom is -0.348 e. The van der Waals surface area contributed by atoms with Crippen molar-refractivity contribution in [2.45, 2.75) is 36.7 Å². The highest BCUT2D eigenvalue weighted by molar-refractivity contribution is 7.98. The smallest absolute Gasteiger partial charge is 0.348 e. The minimum atomic E-state index is -4.51. The third kappa shape index (κ3) is 6.36. The monoisotopic (exact) mass is 550 g/mol. The highest BCUT2D eigenvalue weighted by Gasteiger charge is 2.31. The fraction of sp³-hybridized carbons (Fsp3) is 0.192. The van der Waals surface area contributed by atoms with Gasteiger partial charge < -0.3 is 5.32 Å². The van der Waals surface area contributed by atoms with Gasteiger partial charge in [-0.2, -0.15) is 26.3 Å². The van der Waals surface area contributed by atoms with Crippen LogP contribution in [0, 0.1) is 6.92 Å². The van der Waals surface area contributed by atoms with E-state index in [1.807, 2.05) is 0 Å². The largest absolute Gasteiger partial charge is 0.416 e. The Balaban J connectivity index is 1.50. The van der Waals surface area contributed by atoms with Crippen LogP contribution < -0.4 is 5.32 Å². The number of amides is 1. The lowest BCUT2D eigenvalue weighted by Crippen LogP contribution is -2.24. The number of carbonyl (C=O) groups excluding carboxylic acids is 1. The summed E-state index contributed by atoms with van der Waals surface area (Å²) in [4.78, 5) is 12.9. The number of alkyl halides is 6. The van der Waals surface area contributed by atoms with E-state index in [0.29, 0.717) is 27.7 Å². The second-order valence-corrected chi connectivity index (χ2v) is 9.18. The van der Waals surface area contributed by atoms with Crippen LogP contribution in [0.15, 0.2) is 78.0 Å². The van der Waals surface area contributed by atoms with Crippen LogP contribution in [0.3, 0.4) is 0 Å². The topological polar surface area (TPSA) is 59.8 Å². The molecule has 38 heavy (non-hydrogen) atoms. The first-order valence-electron chi connectivity index (χ1n) is 11.2. The molecule has 5 nitrogen and oxygen atoms in total. The maximum absolute atomic E-state index is 13.2. The van der Waals surface area contributed by atoms with Gasteiger partial charge >= 0.3 is 12.4 Å². The number of nitrogens with zero attached hydrogens (tertiary/aromatic N) is 3. The van der Waals surface area contributed by atoms with Crippen LogP contribution in [-0.4, -0.2) is 20.7 Å². The zero-order valence-corrected chi connectivity index (χ0v) is 20.6. The molecule has 1 N–H and O–H groups in total. The summed E-state index contributed by atoms with van der Waals surface area (Å²) in [5.41, 5.74) is -0.145. The number of nitrogens with one attached hydrogen (secondary N) is 1. The Bertz CT molecular complexity index is 1450. The van der Waals surface area contributed by atoms with E-state index in [9.17, 15) is 31.1 Å². The van der Waals surface area contributed by atoms with Crippen molar-refractivity contribution in [3.63, 3.8) is 0 Å². The lowest BCUT2D eigenvalue weighted by Gasteiger charge is -2.13. The number of hydrogen-bond acceptors (Lipinski definition) is 4. The number of carbonyl (C=O) groups is 1. The van der Waals surface area contributed by atoms with E-state index in [1.54, 1.807) is 31.2 Å². The standard InChI is InChI=1S/C26H20F6N4OS/c1-16-34-35-24(36(16)21-10-5-9-20(13-21)26(30,31)32)38-15-18-7-2-3-11-22(18)23(37)33-14-17-6-4-8-19(12-17)25(27,28)29/h2-13H,14-15H2,1H3,(H,33,37). The molecular weight excluding hydrogens is 530 g/mol. The SMILES string of the molecule is Cc1nnc(SCc2ccccc2C(=O)NCc2cccc(C(F)(F)F)c2)n1-c1cccc(C(F)(F)F)c1. The first kappa shape index (κ1) is 27.2. The van der Waals surface area contributed by atoms with Crippen LogP contribution in [0.1, 0.15) is 38.4 Å². The molecule has 198 valence electrons. The van der Waals surface area contributed by atoms with Gasteiger partial charge in [0.1, 0.15) is 5.82 Å². The minimum absolute atomic E-state index is 0.104. The Morgan fingerprint density at radius 2 is 1.53 bits per heavy atom. The Morgan fingerprint density at radius 3 is 2.24 bits per heavy atom. The number of hydrogen-bond donors (Lipinski definition) is 1. The summed E-state index contributed by atoms with van der Waals surface area (Å²) < 4.78 is 80.0. The first-order valence-corrected chi connectivity index (χ1v) is 12.2. The van der Waals surface area contributed by atoms with Crippen LogP contribution in [0.2, 0.25) is 0 Å². The molecule has 0 spiro atoms. The summed E-state index contributed by atoms with van der Waals surface area (Å²) in [6.07, 6.45) is -9.00. The molecule has 0 aliphatic heterocycles. The van der Waals surface area contributed by atoms with E-state index in [-0.39, 0.29) is 18.0 Å². The van der Waals surface area contributed by atoms with Crippen LogP contribution in [0.25, 0.3) is 5.69 Å². The van der Waals surface area contributed by atoms with E-state index in [2.05, 4.69) is 15.5 Å². The van der Waals surface area contributed by atoms with Crippen LogP contribution >= 0.6 is 11.8 Å². The van der Waals surface area contributed by atoms with Crippen LogP contribution in [0.4, 0.5) is 26.3 Å². The first-order chi connectivity index (χ1) is 17.9. The van der Waals surface area contributed by atoms with E-state index >= 15 is 0 Å². The number of benzene rings is 3. The Morgan fingerprint density at radius 1 is 0.868 bits per heavy atom. The summed E-state index contributed by atoms with van der Waals surface area (Å²) in [7, 11) is 0. The second kappa shape index (κ2) is 10.9. The molecule has 1 heterocycles. The summed E-state index contributed by atoms with van der Waals surface area (Å²) in [6.45, 7) is 1.51. The third-order valence-corrected chi connectivity index (χ3v) is 6.53. The Kier molecular flexibility index (Phi) is 7.81. The number of halogens is 6. The van der Waals surface area contributed by atoms with Crippen molar-refractivity contribution in [1.29, 1.82) is 0 Å². The zero-order valence-electron chi connectivity index (χ0n) is 19.8. The van der Waals surface area contributed by atoms with E-state index in [1.165, 1.54) is 40.6 Å². The molecule has 12 heteroatoms. The van der Waals surface area contributed by atoms with Crippen molar-refractivity contribution < 1.29 is 31.1 Å². The van der Waals surface area contributed by atoms with Gasteiger partial charge in [-0.05, 0) is 54.4 Å². The highest BCUT2D eigenvalue weighted by Crippen LogP contribution is 2.33. The van der Waals surface area contributed by atoms with Gasteiger partial charge in [-0.1, -0.05) is 48.2 Å². The molecule has 3 aromatic carbocycles. The van der Waals surface area contributed by atoms with Gasteiger partial charge in [0.15, 0.2) is 5.16 Å². The fourth-order valence-corrected chi connectivity index (χ4v) is 4.70. The van der Waals surface area contributed by atoms with Crippen molar-refractivity contribution in [3.8, 4) is 5.69 Å². The predicted molar refractivity (Wildman–Crippen MR) is 130 cm³/mol. The van der Waals surface area contributed by atoms with Crippen molar-refractivity contribution >= 4 is 17.7 Å². The van der Waals surface area contributed by atoms with Gasteiger partial charge in [0.25, 0.3) is 5.91 Å². The molecule has 1 amide bonds. The summed E-state index contributed by atoms with van der Waals surface area (Å²) in [6, 6.07) is 16.2. The molecule has 0 atom stereocenters. The van der Waals surface area contributed by atoms with Gasteiger partial charge in [-0.15, -0.1) is 10.2 Å². The van der Waals surface area contributed by atoms with Gasteiger partial charge in [0, 0.05) is 23.5 Å². The maximum atomic E-state index is 13.2. The average molecular weight is 551 g/mol. The summed E-state index contributed by atoms with van der Waals surface area (Å²) >= 11 is 1.18. The van der Waals surface area contributed by atoms with Crippen LogP contribution in [-0.2, 0) is 24.7 Å². The maximum Gasteiger partial charge on any atom is 0.416 e. The predicted octanol–water partition coefficient (Wildman–Crippen LogP) is 6.84. The molecular formula is C26H20F6N4OS. The van der Waals surface area contributed by atoms with E-state index in [0.717, 1.165) is 24.3 Å². The van der Waals surface area contributed by atoms with Gasteiger partial charge in [-0.3, -0.25) is 9.36 Å². The lowest BCUT2D eigenvalue weighted by atomic mass is 10.1. The lowest BCUT2D eigenvalue weighted by molar-refractivity contribution is -0.138. The highest BCUT2D eigenvalue weighted by atomic mass is 32.2. The molecule has 0 bridgehead atoms. The molecule has 0 aliphatic rings. The molecule has 0 radical (unpaired) electrons. The molecule has 1 aromatic heterocycles. The van der Waals surface area contributed by atoms with Crippen molar-refractivity contribution in [2.75, 3.05) is 0 Å². The van der Waals surface area contributed by atoms with Crippen molar-refractivity contribution in [3.05, 3.63) is 106 Å². The van der Waals surface area contributed by atoms with Crippen molar-refractivity contribution in [1.82, 2.24) is 20.1 Å². The molecule has 0 fully saturated rings. The van der Waals surface area contributed by atoms with Gasteiger partial charge in [0.2, 0.25) is 0 Å². The van der Waals surface area contributed by atoms with Crippen molar-refractivity contribution in [2.24, 2.45) is 0 Å².